The summed E-state index contributed by atoms with van der Waals surface area (Å²) >= 11 is 0. The molecule has 135 heavy (non-hydrogen) atoms. The minimum Gasteiger partial charge on any atom is -0.478 e. The number of ether oxygens (including phenoxy) is 10. The van der Waals surface area contributed by atoms with Gasteiger partial charge < -0.3 is 181 Å². The van der Waals surface area contributed by atoms with Crippen LogP contribution in [-0.2, 0) is 119 Å². The monoisotopic (exact) mass is 1970 g/mol. The number of hydrogen-bond donors (Lipinski definition) is 25. The third-order valence-electron chi connectivity index (χ3n) is 5.49. The first-order valence-electron chi connectivity index (χ1n) is 33.8. The first kappa shape index (κ1) is 185. The van der Waals surface area contributed by atoms with Crippen molar-refractivity contribution in [1.82, 2.24) is 0 Å². The van der Waals surface area contributed by atoms with Crippen LogP contribution in [0.5, 0.6) is 0 Å². The van der Waals surface area contributed by atoms with Crippen LogP contribution >= 0.6 is 0 Å². The second-order valence-corrected chi connectivity index (χ2v) is 15.7. The molecule has 0 aromatic heterocycles. The number of primary amides is 10. The number of carbonyl (C=O) groups is 25. The van der Waals surface area contributed by atoms with E-state index in [-0.39, 0.29) is 0 Å². The summed E-state index contributed by atoms with van der Waals surface area (Å²) in [7, 11) is 0. The Bertz CT molecular complexity index is 2580. The van der Waals surface area contributed by atoms with Crippen molar-refractivity contribution < 1.29 is 244 Å². The van der Waals surface area contributed by atoms with Crippen molar-refractivity contribution in [2.45, 2.75) is 69.2 Å². The van der Waals surface area contributed by atoms with Crippen molar-refractivity contribution >= 4 is 150 Å². The fourth-order valence-electron chi connectivity index (χ4n) is 1.42. The molecule has 0 fully saturated rings. The van der Waals surface area contributed by atoms with Gasteiger partial charge in [-0.25, -0.2) is 120 Å². The van der Waals surface area contributed by atoms with Crippen LogP contribution in [0.1, 0.15) is 69.2 Å². The molecule has 0 saturated carbocycles. The number of rotatable bonds is 25. The normalized spacial score (nSPS) is 6.89. The maximum absolute atomic E-state index is 9.60. The van der Waals surface area contributed by atoms with E-state index < -0.39 is 150 Å². The van der Waals surface area contributed by atoms with Gasteiger partial charge in [-0.1, -0.05) is 98.7 Å². The maximum Gasteiger partial charge on any atom is 0.404 e. The molecule has 0 heterocycles. The largest absolute Gasteiger partial charge is 0.478 e. The fourth-order valence-corrected chi connectivity index (χ4v) is 1.42. The second kappa shape index (κ2) is 180. The van der Waals surface area contributed by atoms with Gasteiger partial charge >= 0.3 is 150 Å². The van der Waals surface area contributed by atoms with Gasteiger partial charge in [-0.05, 0) is 69.2 Å². The van der Waals surface area contributed by atoms with Crippen molar-refractivity contribution in [3.8, 4) is 0 Å². The molecule has 0 radical (unpaired) electrons. The Labute approximate surface area is 774 Å². The summed E-state index contributed by atoms with van der Waals surface area (Å²) in [5.41, 5.74) is 45.4. The minimum atomic E-state index is -0.981. The Hall–Kier alpha value is -19.1. The highest BCUT2D eigenvalue weighted by molar-refractivity contribution is 5.83. The molecule has 0 saturated heterocycles. The number of nitrogens with two attached hydrogens (primary N) is 10. The molecule has 60 heteroatoms. The number of amides is 10. The van der Waals surface area contributed by atoms with Gasteiger partial charge in [-0.2, -0.15) is 0 Å². The zero-order valence-corrected chi connectivity index (χ0v) is 75.6. The van der Waals surface area contributed by atoms with E-state index in [1.54, 1.807) is 69.2 Å². The number of carboxylic acids is 15. The first-order chi connectivity index (χ1) is 61.8. The molecule has 0 aliphatic carbocycles. The number of carbonyl (C=O) groups excluding carboxylic acids is 10. The molecule has 10 amide bonds. The zero-order valence-electron chi connectivity index (χ0n) is 75.6. The van der Waals surface area contributed by atoms with E-state index in [9.17, 15) is 120 Å². The molecule has 780 valence electrons. The van der Waals surface area contributed by atoms with Crippen molar-refractivity contribution in [2.75, 3.05) is 66.1 Å². The lowest BCUT2D eigenvalue weighted by Gasteiger charge is -1.89. The summed E-state index contributed by atoms with van der Waals surface area (Å²) in [6.07, 6.45) is 5.39. The maximum atomic E-state index is 9.60. The quantitative estimate of drug-likeness (QED) is 0.0428. The van der Waals surface area contributed by atoms with Crippen LogP contribution in [-0.4, -0.2) is 293 Å². The van der Waals surface area contributed by atoms with Crippen LogP contribution in [0.2, 0.25) is 0 Å². The Morgan fingerprint density at radius 3 is 0.170 bits per heavy atom. The van der Waals surface area contributed by atoms with Crippen LogP contribution < -0.4 is 57.3 Å². The third kappa shape index (κ3) is 876. The zero-order chi connectivity index (χ0) is 114. The Morgan fingerprint density at radius 2 is 0.170 bits per heavy atom. The van der Waals surface area contributed by atoms with Crippen LogP contribution in [0, 0.1) is 0 Å². The molecule has 35 N–H and O–H groups in total. The Morgan fingerprint density at radius 1 is 0.141 bits per heavy atom. The lowest BCUT2D eigenvalue weighted by molar-refractivity contribution is -0.132. The SMILES string of the molecule is C=CC(=O)O.C=CC(=O)O.C=CC(=O)O.C=CC(=O)O.C=CC(=O)O.C=CC(=O)O.C=CC(=O)O.C=CC(=O)O.C=CC(=O)O.C=CC(=O)O.C=CC(=O)O.C=CC(=O)O.C=CC(=O)O.C=CC(=O)O.C=CC(=O)O.CCOC(N)=O.CCOC(N)=O.CCOC(N)=O.CCOC(N)=O.CCOC(N)=O.CCOC(N)=O.CCOC(N)=O.CCOC(N)=O.CCOC(N)=O.CCOC(N)=O. The predicted octanol–water partition coefficient (Wildman–Crippen LogP) is 4.87. The lowest BCUT2D eigenvalue weighted by atomic mass is 10.7. The van der Waals surface area contributed by atoms with Gasteiger partial charge in [0.1, 0.15) is 0 Å². The van der Waals surface area contributed by atoms with Gasteiger partial charge in [-0.15, -0.1) is 0 Å². The van der Waals surface area contributed by atoms with E-state index in [0.29, 0.717) is 66.1 Å². The highest BCUT2D eigenvalue weighted by Gasteiger charge is 1.90. The topological polar surface area (TPSA) is 1080 Å². The molecule has 0 spiro atoms. The van der Waals surface area contributed by atoms with Crippen LogP contribution in [0.25, 0.3) is 0 Å². The van der Waals surface area contributed by atoms with Crippen LogP contribution in [0.15, 0.2) is 190 Å². The van der Waals surface area contributed by atoms with Gasteiger partial charge in [0.05, 0.1) is 66.1 Å². The van der Waals surface area contributed by atoms with Crippen molar-refractivity contribution in [3.63, 3.8) is 0 Å². The first-order valence-corrected chi connectivity index (χ1v) is 33.8. The molecule has 0 aromatic rings. The number of aliphatic carboxylic acids is 15. The number of hydrogen-bond acceptors (Lipinski definition) is 35. The van der Waals surface area contributed by atoms with E-state index in [4.69, 9.17) is 76.6 Å². The molecule has 0 rings (SSSR count). The van der Waals surface area contributed by atoms with E-state index >= 15 is 0 Å². The van der Waals surface area contributed by atoms with Crippen LogP contribution in [0.4, 0.5) is 47.9 Å². The molecule has 0 atom stereocenters. The highest BCUT2D eigenvalue weighted by Crippen LogP contribution is 1.73. The van der Waals surface area contributed by atoms with E-state index in [0.717, 1.165) is 91.1 Å². The molecule has 0 unspecified atom stereocenters. The van der Waals surface area contributed by atoms with Gasteiger partial charge in [-0.3, -0.25) is 0 Å². The minimum absolute atomic E-state index is 0.356. The molecule has 60 nitrogen and oxygen atoms in total. The fraction of sp³-hybridized carbons (Fsp3) is 0.267. The summed E-state index contributed by atoms with van der Waals surface area (Å²) in [4.78, 5) is 235. The Kier molecular flexibility index (Phi) is 247. The molecule has 0 bridgehead atoms. The van der Waals surface area contributed by atoms with Crippen molar-refractivity contribution in [2.24, 2.45) is 57.3 Å². The van der Waals surface area contributed by atoms with Crippen molar-refractivity contribution in [3.05, 3.63) is 190 Å². The summed E-state index contributed by atoms with van der Waals surface area (Å²) < 4.78 is 41.8. The van der Waals surface area contributed by atoms with Crippen LogP contribution in [0.3, 0.4) is 0 Å². The molecule has 0 aromatic carbocycles. The summed E-state index contributed by atoms with van der Waals surface area (Å²) in [6.45, 7) is 65.0. The standard InChI is InChI=1S/10C3H7NO2.15C3H4O2/c10*1-2-6-3(4)5;15*1-2-3(4)5/h10*2H2,1H3,(H2,4,5);15*2H,1H2,(H,4,5). The predicted molar refractivity (Wildman–Crippen MR) is 480 cm³/mol. The summed E-state index contributed by atoms with van der Waals surface area (Å²) in [5.74, 6) is -14.7. The average Bonchev–Trinajstić information content (AvgIpc) is 1.20. The molecule has 0 aliphatic heterocycles. The lowest BCUT2D eigenvalue weighted by Crippen LogP contribution is -2.11. The van der Waals surface area contributed by atoms with Gasteiger partial charge in [0.15, 0.2) is 0 Å². The van der Waals surface area contributed by atoms with E-state index in [2.05, 4.69) is 203 Å². The molecular formula is C75H130N10O50. The third-order valence-corrected chi connectivity index (χ3v) is 5.49. The van der Waals surface area contributed by atoms with Gasteiger partial charge in [0, 0.05) is 91.1 Å². The molecule has 0 aliphatic rings. The second-order valence-electron chi connectivity index (χ2n) is 15.7. The van der Waals surface area contributed by atoms with Crippen molar-refractivity contribution in [1.29, 1.82) is 0 Å². The smallest absolute Gasteiger partial charge is 0.404 e. The summed E-state index contributed by atoms with van der Waals surface area (Å²) in [6, 6.07) is 0. The van der Waals surface area contributed by atoms with E-state index in [1.807, 2.05) is 0 Å². The van der Waals surface area contributed by atoms with Gasteiger partial charge in [0.25, 0.3) is 0 Å². The molecular weight excluding hydrogens is 1840 g/mol. The Balaban J connectivity index is -0.0000000406. The highest BCUT2D eigenvalue weighted by atomic mass is 16.6. The number of carboxylic acid groups (broad SMARTS) is 15. The summed E-state index contributed by atoms with van der Waals surface area (Å²) in [5, 5.41) is 114. The average molecular weight is 1970 g/mol. The van der Waals surface area contributed by atoms with E-state index in [1.165, 1.54) is 0 Å². The van der Waals surface area contributed by atoms with Gasteiger partial charge in [0.2, 0.25) is 0 Å².